The minimum atomic E-state index is 0.165. The Kier molecular flexibility index (Phi) is 6.33. The number of carbonyl (C=O) groups excluding carboxylic acids is 1. The number of nitrogens with zero attached hydrogens (tertiary/aromatic N) is 1. The summed E-state index contributed by atoms with van der Waals surface area (Å²) in [5.41, 5.74) is 0. The van der Waals surface area contributed by atoms with Crippen molar-refractivity contribution in [2.45, 2.75) is 12.8 Å². The van der Waals surface area contributed by atoms with E-state index in [1.54, 1.807) is 18.2 Å². The van der Waals surface area contributed by atoms with Gasteiger partial charge in [-0.1, -0.05) is 11.6 Å². The maximum Gasteiger partial charge on any atom is 0.226 e. The normalized spacial score (nSPS) is 18.0. The number of benzene rings is 1. The molecule has 116 valence electrons. The van der Waals surface area contributed by atoms with E-state index in [0.717, 1.165) is 30.5 Å². The molecule has 1 fully saturated rings. The van der Waals surface area contributed by atoms with E-state index < -0.39 is 0 Å². The summed E-state index contributed by atoms with van der Waals surface area (Å²) in [6.45, 7) is 3.06. The SMILES string of the molecule is CNCC1CCN(C(=O)CCOc2ccc(Cl)cc2Br)C1. The van der Waals surface area contributed by atoms with Gasteiger partial charge in [0.25, 0.3) is 0 Å². The predicted octanol–water partition coefficient (Wildman–Crippen LogP) is 2.94. The van der Waals surface area contributed by atoms with E-state index >= 15 is 0 Å². The maximum absolute atomic E-state index is 12.1. The third-order valence-corrected chi connectivity index (χ3v) is 4.45. The van der Waals surface area contributed by atoms with Gasteiger partial charge >= 0.3 is 0 Å². The van der Waals surface area contributed by atoms with Gasteiger partial charge in [-0.2, -0.15) is 0 Å². The number of hydrogen-bond acceptors (Lipinski definition) is 3. The molecule has 0 saturated carbocycles. The molecule has 1 N–H and O–H groups in total. The number of amides is 1. The second kappa shape index (κ2) is 8.01. The van der Waals surface area contributed by atoms with Gasteiger partial charge in [0.1, 0.15) is 5.75 Å². The first-order valence-corrected chi connectivity index (χ1v) is 8.27. The number of hydrogen-bond donors (Lipinski definition) is 1. The van der Waals surface area contributed by atoms with Crippen LogP contribution < -0.4 is 10.1 Å². The first-order valence-electron chi connectivity index (χ1n) is 7.10. The minimum absolute atomic E-state index is 0.165. The van der Waals surface area contributed by atoms with Gasteiger partial charge in [0.2, 0.25) is 5.91 Å². The van der Waals surface area contributed by atoms with E-state index in [2.05, 4.69) is 21.2 Å². The average molecular weight is 376 g/mol. The fraction of sp³-hybridized carbons (Fsp3) is 0.533. The third kappa shape index (κ3) is 4.87. The zero-order chi connectivity index (χ0) is 15.2. The smallest absolute Gasteiger partial charge is 0.226 e. The van der Waals surface area contributed by atoms with Crippen molar-refractivity contribution in [2.24, 2.45) is 5.92 Å². The highest BCUT2D eigenvalue weighted by molar-refractivity contribution is 9.10. The standard InChI is InChI=1S/C15H20BrClN2O2/c1-18-9-11-4-6-19(10-11)15(20)5-7-21-14-3-2-12(17)8-13(14)16/h2-3,8,11,18H,4-7,9-10H2,1H3. The molecule has 1 saturated heterocycles. The Morgan fingerprint density at radius 1 is 1.57 bits per heavy atom. The molecular weight excluding hydrogens is 356 g/mol. The Balaban J connectivity index is 1.74. The summed E-state index contributed by atoms with van der Waals surface area (Å²) in [6, 6.07) is 5.35. The molecule has 0 bridgehead atoms. The topological polar surface area (TPSA) is 41.6 Å². The lowest BCUT2D eigenvalue weighted by atomic mass is 10.1. The molecule has 1 amide bonds. The summed E-state index contributed by atoms with van der Waals surface area (Å²) in [6.07, 6.45) is 1.48. The van der Waals surface area contributed by atoms with Gasteiger partial charge < -0.3 is 15.0 Å². The molecule has 1 aromatic rings. The number of halogens is 2. The number of likely N-dealkylation sites (tertiary alicyclic amines) is 1. The van der Waals surface area contributed by atoms with Crippen LogP contribution in [-0.2, 0) is 4.79 Å². The largest absolute Gasteiger partial charge is 0.492 e. The Labute approximate surface area is 138 Å². The Morgan fingerprint density at radius 2 is 2.38 bits per heavy atom. The van der Waals surface area contributed by atoms with Crippen molar-refractivity contribution in [3.63, 3.8) is 0 Å². The van der Waals surface area contributed by atoms with Crippen molar-refractivity contribution in [3.8, 4) is 5.75 Å². The molecule has 21 heavy (non-hydrogen) atoms. The number of ether oxygens (including phenoxy) is 1. The third-order valence-electron chi connectivity index (χ3n) is 3.60. The molecule has 0 radical (unpaired) electrons. The lowest BCUT2D eigenvalue weighted by Crippen LogP contribution is -2.31. The van der Waals surface area contributed by atoms with E-state index in [0.29, 0.717) is 29.7 Å². The van der Waals surface area contributed by atoms with Crippen molar-refractivity contribution in [3.05, 3.63) is 27.7 Å². The molecule has 1 unspecified atom stereocenters. The van der Waals surface area contributed by atoms with Gasteiger partial charge in [-0.05, 0) is 60.1 Å². The number of rotatable bonds is 6. The second-order valence-corrected chi connectivity index (χ2v) is 6.52. The predicted molar refractivity (Wildman–Crippen MR) is 87.9 cm³/mol. The monoisotopic (exact) mass is 374 g/mol. The summed E-state index contributed by atoms with van der Waals surface area (Å²) < 4.78 is 6.43. The number of nitrogens with one attached hydrogen (secondary N) is 1. The molecule has 1 aromatic carbocycles. The average Bonchev–Trinajstić information content (AvgIpc) is 2.90. The highest BCUT2D eigenvalue weighted by Crippen LogP contribution is 2.28. The van der Waals surface area contributed by atoms with Crippen LogP contribution in [0.25, 0.3) is 0 Å². The molecular formula is C15H20BrClN2O2. The zero-order valence-electron chi connectivity index (χ0n) is 12.1. The zero-order valence-corrected chi connectivity index (χ0v) is 14.4. The van der Waals surface area contributed by atoms with Crippen LogP contribution in [0, 0.1) is 5.92 Å². The second-order valence-electron chi connectivity index (χ2n) is 5.23. The highest BCUT2D eigenvalue weighted by atomic mass is 79.9. The van der Waals surface area contributed by atoms with Crippen LogP contribution in [0.4, 0.5) is 0 Å². The molecule has 1 aliphatic rings. The lowest BCUT2D eigenvalue weighted by molar-refractivity contribution is -0.130. The van der Waals surface area contributed by atoms with Gasteiger partial charge in [-0.25, -0.2) is 0 Å². The van der Waals surface area contributed by atoms with Gasteiger partial charge in [0.15, 0.2) is 0 Å². The molecule has 0 aliphatic carbocycles. The van der Waals surface area contributed by atoms with Crippen molar-refractivity contribution in [1.82, 2.24) is 10.2 Å². The van der Waals surface area contributed by atoms with Crippen LogP contribution in [0.5, 0.6) is 5.75 Å². The van der Waals surface area contributed by atoms with Gasteiger partial charge in [-0.15, -0.1) is 0 Å². The van der Waals surface area contributed by atoms with Gasteiger partial charge in [-0.3, -0.25) is 4.79 Å². The molecule has 0 spiro atoms. The van der Waals surface area contributed by atoms with Gasteiger partial charge in [0.05, 0.1) is 17.5 Å². The molecule has 4 nitrogen and oxygen atoms in total. The van der Waals surface area contributed by atoms with Crippen molar-refractivity contribution < 1.29 is 9.53 Å². The molecule has 1 atom stereocenters. The van der Waals surface area contributed by atoms with Crippen LogP contribution in [0.15, 0.2) is 22.7 Å². The minimum Gasteiger partial charge on any atom is -0.492 e. The molecule has 1 heterocycles. The van der Waals surface area contributed by atoms with Crippen LogP contribution in [0.2, 0.25) is 5.02 Å². The van der Waals surface area contributed by atoms with E-state index in [4.69, 9.17) is 16.3 Å². The fourth-order valence-electron chi connectivity index (χ4n) is 2.51. The summed E-state index contributed by atoms with van der Waals surface area (Å²) in [4.78, 5) is 14.0. The highest BCUT2D eigenvalue weighted by Gasteiger charge is 2.25. The summed E-state index contributed by atoms with van der Waals surface area (Å²) in [5.74, 6) is 1.45. The Morgan fingerprint density at radius 3 is 3.10 bits per heavy atom. The van der Waals surface area contributed by atoms with Crippen LogP contribution in [0.3, 0.4) is 0 Å². The molecule has 2 rings (SSSR count). The lowest BCUT2D eigenvalue weighted by Gasteiger charge is -2.17. The van der Waals surface area contributed by atoms with Crippen LogP contribution >= 0.6 is 27.5 Å². The first kappa shape index (κ1) is 16.6. The van der Waals surface area contributed by atoms with E-state index in [1.807, 2.05) is 11.9 Å². The van der Waals surface area contributed by atoms with E-state index in [1.165, 1.54) is 0 Å². The van der Waals surface area contributed by atoms with E-state index in [-0.39, 0.29) is 5.91 Å². The summed E-state index contributed by atoms with van der Waals surface area (Å²) in [7, 11) is 1.95. The van der Waals surface area contributed by atoms with Gasteiger partial charge in [0, 0.05) is 18.1 Å². The molecule has 6 heteroatoms. The summed E-state index contributed by atoms with van der Waals surface area (Å²) in [5, 5.41) is 3.82. The van der Waals surface area contributed by atoms with Crippen molar-refractivity contribution in [2.75, 3.05) is 33.3 Å². The van der Waals surface area contributed by atoms with Crippen molar-refractivity contribution >= 4 is 33.4 Å². The van der Waals surface area contributed by atoms with Crippen LogP contribution in [0.1, 0.15) is 12.8 Å². The first-order chi connectivity index (χ1) is 10.1. The Hall–Kier alpha value is -0.780. The quantitative estimate of drug-likeness (QED) is 0.831. The van der Waals surface area contributed by atoms with Crippen LogP contribution in [-0.4, -0.2) is 44.1 Å². The summed E-state index contributed by atoms with van der Waals surface area (Å²) >= 11 is 9.27. The van der Waals surface area contributed by atoms with E-state index in [9.17, 15) is 4.79 Å². The number of carbonyl (C=O) groups is 1. The Bertz CT molecular complexity index is 499. The van der Waals surface area contributed by atoms with Crippen molar-refractivity contribution in [1.29, 1.82) is 0 Å². The fourth-order valence-corrected chi connectivity index (χ4v) is 3.31. The molecule has 1 aliphatic heterocycles. The molecule has 0 aromatic heterocycles. The maximum atomic E-state index is 12.1.